The van der Waals surface area contributed by atoms with Crippen molar-refractivity contribution in [3.8, 4) is 5.75 Å². The van der Waals surface area contributed by atoms with E-state index in [0.29, 0.717) is 12.0 Å². The second kappa shape index (κ2) is 10.9. The van der Waals surface area contributed by atoms with Crippen LogP contribution in [0.2, 0.25) is 0 Å². The number of anilines is 1. The van der Waals surface area contributed by atoms with Crippen molar-refractivity contribution in [3.05, 3.63) is 89.5 Å². The lowest BCUT2D eigenvalue weighted by Gasteiger charge is -2.23. The van der Waals surface area contributed by atoms with E-state index in [1.54, 1.807) is 13.0 Å². The lowest BCUT2D eigenvalue weighted by molar-refractivity contribution is -0.137. The Morgan fingerprint density at radius 1 is 1.00 bits per heavy atom. The summed E-state index contributed by atoms with van der Waals surface area (Å²) in [6.07, 6.45) is -4.25. The van der Waals surface area contributed by atoms with Crippen LogP contribution in [0.3, 0.4) is 0 Å². The predicted octanol–water partition coefficient (Wildman–Crippen LogP) is 4.89. The number of aryl methyl sites for hydroxylation is 1. The number of hydrogen-bond acceptors (Lipinski definition) is 4. The zero-order chi connectivity index (χ0) is 25.6. The van der Waals surface area contributed by atoms with Gasteiger partial charge in [0.1, 0.15) is 10.6 Å². The van der Waals surface area contributed by atoms with Crippen molar-refractivity contribution in [2.45, 2.75) is 24.4 Å². The third kappa shape index (κ3) is 6.83. The Morgan fingerprint density at radius 3 is 2.37 bits per heavy atom. The van der Waals surface area contributed by atoms with Crippen molar-refractivity contribution in [1.82, 2.24) is 4.31 Å². The molecule has 10 heteroatoms. The molecule has 0 radical (unpaired) electrons. The standard InChI is InChI=1S/C25H25F3N2O4S/c1-18-11-12-22(34-2)23(15-18)35(32,33)30(14-13-19-7-4-3-5-8-19)17-24(31)29-21-10-6-9-20(16-21)25(26,27)28/h3-12,15-16H,13-14,17H2,1-2H3,(H,29,31). The van der Waals surface area contributed by atoms with Gasteiger partial charge in [-0.15, -0.1) is 0 Å². The van der Waals surface area contributed by atoms with Gasteiger partial charge in [-0.05, 0) is 54.8 Å². The summed E-state index contributed by atoms with van der Waals surface area (Å²) in [6, 6.07) is 18.0. The molecule has 35 heavy (non-hydrogen) atoms. The number of alkyl halides is 3. The lowest BCUT2D eigenvalue weighted by atomic mass is 10.1. The number of sulfonamides is 1. The molecule has 0 saturated heterocycles. The molecule has 0 aliphatic carbocycles. The number of amides is 1. The molecular weight excluding hydrogens is 481 g/mol. The highest BCUT2D eigenvalue weighted by atomic mass is 32.2. The van der Waals surface area contributed by atoms with Gasteiger partial charge in [-0.2, -0.15) is 17.5 Å². The third-order valence-corrected chi connectivity index (χ3v) is 7.09. The van der Waals surface area contributed by atoms with Gasteiger partial charge in [-0.3, -0.25) is 4.79 Å². The van der Waals surface area contributed by atoms with E-state index in [1.165, 1.54) is 31.4 Å². The summed E-state index contributed by atoms with van der Waals surface area (Å²) < 4.78 is 72.4. The molecule has 0 aliphatic heterocycles. The first-order valence-electron chi connectivity index (χ1n) is 10.7. The number of nitrogens with zero attached hydrogens (tertiary/aromatic N) is 1. The molecule has 6 nitrogen and oxygen atoms in total. The zero-order valence-electron chi connectivity index (χ0n) is 19.2. The number of benzene rings is 3. The number of methoxy groups -OCH3 is 1. The Kier molecular flexibility index (Phi) is 8.18. The second-order valence-corrected chi connectivity index (χ2v) is 9.76. The van der Waals surface area contributed by atoms with Crippen LogP contribution >= 0.6 is 0 Å². The summed E-state index contributed by atoms with van der Waals surface area (Å²) in [6.45, 7) is 1.11. The number of carbonyl (C=O) groups is 1. The number of halogens is 3. The Labute approximate surface area is 202 Å². The molecule has 0 bridgehead atoms. The van der Waals surface area contributed by atoms with E-state index >= 15 is 0 Å². The quantitative estimate of drug-likeness (QED) is 0.448. The molecule has 3 aromatic rings. The first kappa shape index (κ1) is 26.2. The molecule has 0 saturated carbocycles. The molecule has 186 valence electrons. The molecule has 0 fully saturated rings. The number of hydrogen-bond donors (Lipinski definition) is 1. The highest BCUT2D eigenvalue weighted by molar-refractivity contribution is 7.89. The van der Waals surface area contributed by atoms with Gasteiger partial charge in [0, 0.05) is 12.2 Å². The first-order valence-corrected chi connectivity index (χ1v) is 12.1. The highest BCUT2D eigenvalue weighted by Crippen LogP contribution is 2.31. The monoisotopic (exact) mass is 506 g/mol. The van der Waals surface area contributed by atoms with Crippen LogP contribution in [0, 0.1) is 6.92 Å². The van der Waals surface area contributed by atoms with Gasteiger partial charge < -0.3 is 10.1 Å². The van der Waals surface area contributed by atoms with Crippen LogP contribution in [-0.2, 0) is 27.4 Å². The maximum Gasteiger partial charge on any atom is 0.416 e. The number of ether oxygens (including phenoxy) is 1. The third-order valence-electron chi connectivity index (χ3n) is 5.22. The van der Waals surface area contributed by atoms with Gasteiger partial charge >= 0.3 is 6.18 Å². The summed E-state index contributed by atoms with van der Waals surface area (Å²) in [7, 11) is -2.84. The van der Waals surface area contributed by atoms with Crippen LogP contribution in [0.25, 0.3) is 0 Å². The van der Waals surface area contributed by atoms with Crippen molar-refractivity contribution in [1.29, 1.82) is 0 Å². The number of carbonyl (C=O) groups excluding carboxylic acids is 1. The van der Waals surface area contributed by atoms with Crippen LogP contribution in [0.5, 0.6) is 5.75 Å². The summed E-state index contributed by atoms with van der Waals surface area (Å²) >= 11 is 0. The van der Waals surface area contributed by atoms with Gasteiger partial charge in [-0.1, -0.05) is 42.5 Å². The van der Waals surface area contributed by atoms with Gasteiger partial charge in [0.25, 0.3) is 0 Å². The summed E-state index contributed by atoms with van der Waals surface area (Å²) in [4.78, 5) is 12.7. The number of nitrogens with one attached hydrogen (secondary N) is 1. The van der Waals surface area contributed by atoms with Crippen molar-refractivity contribution in [2.75, 3.05) is 25.5 Å². The Bertz CT molecular complexity index is 1280. The fourth-order valence-corrected chi connectivity index (χ4v) is 5.08. The van der Waals surface area contributed by atoms with E-state index in [0.717, 1.165) is 22.0 Å². The molecule has 0 unspecified atom stereocenters. The van der Waals surface area contributed by atoms with E-state index in [2.05, 4.69) is 5.32 Å². The summed E-state index contributed by atoms with van der Waals surface area (Å²) in [5.74, 6) is -0.647. The van der Waals surface area contributed by atoms with Crippen molar-refractivity contribution < 1.29 is 31.1 Å². The minimum Gasteiger partial charge on any atom is -0.495 e. The summed E-state index contributed by atoms with van der Waals surface area (Å²) in [5, 5.41) is 2.37. The molecular formula is C25H25F3N2O4S. The first-order chi connectivity index (χ1) is 16.5. The molecule has 0 spiro atoms. The van der Waals surface area contributed by atoms with Gasteiger partial charge in [0.05, 0.1) is 19.2 Å². The Balaban J connectivity index is 1.89. The van der Waals surface area contributed by atoms with Gasteiger partial charge in [-0.25, -0.2) is 8.42 Å². The number of rotatable bonds is 9. The maximum atomic E-state index is 13.6. The summed E-state index contributed by atoms with van der Waals surface area (Å²) in [5.41, 5.74) is 0.537. The smallest absolute Gasteiger partial charge is 0.416 e. The maximum absolute atomic E-state index is 13.6. The van der Waals surface area contributed by atoms with Crippen molar-refractivity contribution >= 4 is 21.6 Å². The highest BCUT2D eigenvalue weighted by Gasteiger charge is 2.32. The second-order valence-electron chi connectivity index (χ2n) is 7.86. The van der Waals surface area contributed by atoms with E-state index in [1.807, 2.05) is 30.3 Å². The van der Waals surface area contributed by atoms with Crippen molar-refractivity contribution in [3.63, 3.8) is 0 Å². The molecule has 1 amide bonds. The van der Waals surface area contributed by atoms with Crippen molar-refractivity contribution in [2.24, 2.45) is 0 Å². The Hall–Kier alpha value is -3.37. The molecule has 0 aromatic heterocycles. The molecule has 0 aliphatic rings. The van der Waals surface area contributed by atoms with E-state index in [4.69, 9.17) is 4.74 Å². The van der Waals surface area contributed by atoms with Crippen LogP contribution in [0.4, 0.5) is 18.9 Å². The largest absolute Gasteiger partial charge is 0.495 e. The fraction of sp³-hybridized carbons (Fsp3) is 0.240. The van der Waals surface area contributed by atoms with E-state index in [9.17, 15) is 26.4 Å². The molecule has 0 atom stereocenters. The average molecular weight is 507 g/mol. The minimum absolute atomic E-state index is 0.0283. The van der Waals surface area contributed by atoms with Crippen LogP contribution in [0.1, 0.15) is 16.7 Å². The predicted molar refractivity (Wildman–Crippen MR) is 127 cm³/mol. The SMILES string of the molecule is COc1ccc(C)cc1S(=O)(=O)N(CCc1ccccc1)CC(=O)Nc1cccc(C(F)(F)F)c1. The van der Waals surface area contributed by atoms with Gasteiger partial charge in [0.2, 0.25) is 15.9 Å². The average Bonchev–Trinajstić information content (AvgIpc) is 2.82. The van der Waals surface area contributed by atoms with E-state index in [-0.39, 0.29) is 22.9 Å². The van der Waals surface area contributed by atoms with Gasteiger partial charge in [0.15, 0.2) is 0 Å². The zero-order valence-corrected chi connectivity index (χ0v) is 20.0. The fourth-order valence-electron chi connectivity index (χ4n) is 3.44. The molecule has 0 heterocycles. The molecule has 3 rings (SSSR count). The molecule has 3 aromatic carbocycles. The molecule has 1 N–H and O–H groups in total. The normalized spacial score (nSPS) is 11.9. The topological polar surface area (TPSA) is 75.7 Å². The van der Waals surface area contributed by atoms with Crippen LogP contribution in [0.15, 0.2) is 77.7 Å². The minimum atomic E-state index is -4.58. The van der Waals surface area contributed by atoms with Crippen LogP contribution in [-0.4, -0.2) is 38.8 Å². The van der Waals surface area contributed by atoms with E-state index < -0.39 is 34.2 Å². The van der Waals surface area contributed by atoms with Crippen LogP contribution < -0.4 is 10.1 Å². The lowest BCUT2D eigenvalue weighted by Crippen LogP contribution is -2.39. The Morgan fingerprint density at radius 2 is 1.71 bits per heavy atom.